The number of hydrogen-bond acceptors (Lipinski definition) is 4. The fourth-order valence-electron chi connectivity index (χ4n) is 1.70. The van der Waals surface area contributed by atoms with E-state index in [2.05, 4.69) is 10.4 Å². The average molecular weight is 292 g/mol. The van der Waals surface area contributed by atoms with Crippen molar-refractivity contribution in [3.63, 3.8) is 0 Å². The molecule has 19 heavy (non-hydrogen) atoms. The lowest BCUT2D eigenvalue weighted by Gasteiger charge is -2.24. The van der Waals surface area contributed by atoms with Gasteiger partial charge in [0.25, 0.3) is 0 Å². The van der Waals surface area contributed by atoms with E-state index in [1.165, 1.54) is 0 Å². The third-order valence-electron chi connectivity index (χ3n) is 2.85. The van der Waals surface area contributed by atoms with Gasteiger partial charge in [0.05, 0.1) is 23.7 Å². The third-order valence-corrected chi connectivity index (χ3v) is 4.49. The maximum absolute atomic E-state index is 12.5. The molecular weight excluding hydrogens is 276 g/mol. The number of nitrogens with zero attached hydrogens (tertiary/aromatic N) is 2. The highest BCUT2D eigenvalue weighted by Crippen LogP contribution is 2.21. The van der Waals surface area contributed by atoms with Crippen molar-refractivity contribution < 1.29 is 4.79 Å². The largest absolute Gasteiger partial charge is 0.305 e. The Hall–Kier alpha value is -1.33. The van der Waals surface area contributed by atoms with Crippen molar-refractivity contribution in [1.29, 1.82) is 0 Å². The highest BCUT2D eigenvalue weighted by atomic mass is 32.2. The second kappa shape index (κ2) is 6.73. The van der Waals surface area contributed by atoms with Crippen molar-refractivity contribution in [3.8, 4) is 0 Å². The van der Waals surface area contributed by atoms with Gasteiger partial charge in [-0.1, -0.05) is 0 Å². The number of amides is 1. The van der Waals surface area contributed by atoms with Gasteiger partial charge in [-0.15, -0.1) is 0 Å². The van der Waals surface area contributed by atoms with Crippen LogP contribution in [0.25, 0.3) is 0 Å². The van der Waals surface area contributed by atoms with Gasteiger partial charge in [-0.05, 0) is 47.7 Å². The number of hydrogen-bond donors (Lipinski definition) is 0. The van der Waals surface area contributed by atoms with Gasteiger partial charge in [-0.2, -0.15) is 23.1 Å². The van der Waals surface area contributed by atoms with Crippen molar-refractivity contribution >= 4 is 34.7 Å². The average Bonchev–Trinajstić information content (AvgIpc) is 2.97. The molecule has 0 aromatic carbocycles. The fraction of sp³-hybridized carbons (Fsp3) is 0.286. The number of carbonyl (C=O) groups excluding carboxylic acids is 1. The Balaban J connectivity index is 2.25. The van der Waals surface area contributed by atoms with Crippen LogP contribution >= 0.6 is 23.1 Å². The maximum Gasteiger partial charge on any atom is 0.240 e. The smallest absolute Gasteiger partial charge is 0.240 e. The lowest BCUT2D eigenvalue weighted by molar-refractivity contribution is -0.118. The first-order chi connectivity index (χ1) is 9.22. The summed E-state index contributed by atoms with van der Waals surface area (Å²) in [5, 5.41) is 4.04. The van der Waals surface area contributed by atoms with Gasteiger partial charge in [0.1, 0.15) is 0 Å². The van der Waals surface area contributed by atoms with Crippen LogP contribution in [0.3, 0.4) is 0 Å². The summed E-state index contributed by atoms with van der Waals surface area (Å²) >= 11 is 3.20. The quantitative estimate of drug-likeness (QED) is 0.846. The zero-order chi connectivity index (χ0) is 13.7. The number of anilines is 1. The molecule has 100 valence electrons. The summed E-state index contributed by atoms with van der Waals surface area (Å²) in [5.74, 6) is 0.117. The molecule has 2 heterocycles. The van der Waals surface area contributed by atoms with E-state index < -0.39 is 0 Å². The van der Waals surface area contributed by atoms with E-state index in [1.54, 1.807) is 40.4 Å². The monoisotopic (exact) mass is 292 g/mol. The van der Waals surface area contributed by atoms with E-state index >= 15 is 0 Å². The van der Waals surface area contributed by atoms with Gasteiger partial charge in [-0.25, -0.2) is 0 Å². The van der Waals surface area contributed by atoms with E-state index in [0.29, 0.717) is 6.54 Å². The van der Waals surface area contributed by atoms with Crippen LogP contribution in [-0.2, 0) is 11.3 Å². The zero-order valence-corrected chi connectivity index (χ0v) is 12.6. The van der Waals surface area contributed by atoms with Crippen LogP contribution in [-0.4, -0.2) is 22.4 Å². The normalized spacial score (nSPS) is 12.1. The van der Waals surface area contributed by atoms with Gasteiger partial charge >= 0.3 is 0 Å². The highest BCUT2D eigenvalue weighted by Gasteiger charge is 2.21. The minimum absolute atomic E-state index is 0.0566. The van der Waals surface area contributed by atoms with E-state index in [9.17, 15) is 4.79 Å². The zero-order valence-electron chi connectivity index (χ0n) is 10.9. The Labute approximate surface area is 121 Å². The number of thiophene rings is 1. The Morgan fingerprint density at radius 3 is 2.95 bits per heavy atom. The second-order valence-corrected chi connectivity index (χ2v) is 6.10. The predicted octanol–water partition coefficient (Wildman–Crippen LogP) is 3.43. The van der Waals surface area contributed by atoms with Crippen molar-refractivity contribution in [3.05, 3.63) is 46.9 Å². The molecule has 0 aliphatic heterocycles. The number of thioether (sulfide) groups is 1. The van der Waals surface area contributed by atoms with Gasteiger partial charge in [0.2, 0.25) is 5.91 Å². The van der Waals surface area contributed by atoms with Crippen LogP contribution < -0.4 is 4.90 Å². The molecule has 5 heteroatoms. The maximum atomic E-state index is 12.5. The summed E-state index contributed by atoms with van der Waals surface area (Å²) in [6.07, 6.45) is 5.40. The molecule has 0 aliphatic carbocycles. The van der Waals surface area contributed by atoms with Crippen LogP contribution in [0.2, 0.25) is 0 Å². The molecule has 0 saturated heterocycles. The SMILES string of the molecule is CS[C@H](C)C(=O)N(Cc1ccsc1)c1cccnc1. The molecule has 0 aliphatic rings. The standard InChI is InChI=1S/C14H16N2OS2/c1-11(18-2)14(17)16(9-12-5-7-19-10-12)13-4-3-6-15-8-13/h3-8,10-11H,9H2,1-2H3/t11-/m1/s1. The van der Waals surface area contributed by atoms with E-state index in [1.807, 2.05) is 36.8 Å². The minimum Gasteiger partial charge on any atom is -0.305 e. The van der Waals surface area contributed by atoms with Crippen LogP contribution in [0.5, 0.6) is 0 Å². The lowest BCUT2D eigenvalue weighted by atomic mass is 10.2. The van der Waals surface area contributed by atoms with Crippen LogP contribution in [0.15, 0.2) is 41.4 Å². The lowest BCUT2D eigenvalue weighted by Crippen LogP contribution is -2.36. The van der Waals surface area contributed by atoms with Gasteiger partial charge in [0, 0.05) is 6.20 Å². The predicted molar refractivity (Wildman–Crippen MR) is 82.7 cm³/mol. The Bertz CT molecular complexity index is 514. The van der Waals surface area contributed by atoms with E-state index in [-0.39, 0.29) is 11.2 Å². The molecule has 0 bridgehead atoms. The molecule has 0 N–H and O–H groups in total. The molecule has 3 nitrogen and oxygen atoms in total. The first-order valence-electron chi connectivity index (χ1n) is 5.97. The molecular formula is C14H16N2OS2. The number of pyridine rings is 1. The second-order valence-electron chi connectivity index (χ2n) is 4.15. The minimum atomic E-state index is -0.0566. The molecule has 0 saturated carbocycles. The Morgan fingerprint density at radius 2 is 2.37 bits per heavy atom. The van der Waals surface area contributed by atoms with Gasteiger partial charge in [0.15, 0.2) is 0 Å². The summed E-state index contributed by atoms with van der Waals surface area (Å²) in [6.45, 7) is 2.53. The summed E-state index contributed by atoms with van der Waals surface area (Å²) in [5.41, 5.74) is 2.00. The van der Waals surface area contributed by atoms with Gasteiger partial charge in [-0.3, -0.25) is 9.78 Å². The third kappa shape index (κ3) is 3.58. The Kier molecular flexibility index (Phi) is 4.99. The molecule has 1 atom stereocenters. The molecule has 0 unspecified atom stereocenters. The topological polar surface area (TPSA) is 33.2 Å². The Morgan fingerprint density at radius 1 is 1.53 bits per heavy atom. The van der Waals surface area contributed by atoms with Crippen LogP contribution in [0.1, 0.15) is 12.5 Å². The molecule has 0 radical (unpaired) electrons. The molecule has 2 aromatic rings. The number of carbonyl (C=O) groups is 1. The summed E-state index contributed by atoms with van der Waals surface area (Å²) < 4.78 is 0. The van der Waals surface area contributed by atoms with Crippen molar-refractivity contribution in [2.45, 2.75) is 18.7 Å². The van der Waals surface area contributed by atoms with Gasteiger partial charge < -0.3 is 4.90 Å². The van der Waals surface area contributed by atoms with Crippen molar-refractivity contribution in [1.82, 2.24) is 4.98 Å². The van der Waals surface area contributed by atoms with Crippen molar-refractivity contribution in [2.75, 3.05) is 11.2 Å². The van der Waals surface area contributed by atoms with Crippen LogP contribution in [0, 0.1) is 0 Å². The summed E-state index contributed by atoms with van der Waals surface area (Å²) in [7, 11) is 0. The van der Waals surface area contributed by atoms with E-state index in [0.717, 1.165) is 11.3 Å². The molecule has 1 amide bonds. The number of aromatic nitrogens is 1. The van der Waals surface area contributed by atoms with E-state index in [4.69, 9.17) is 0 Å². The van der Waals surface area contributed by atoms with Crippen LogP contribution in [0.4, 0.5) is 5.69 Å². The summed E-state index contributed by atoms with van der Waals surface area (Å²) in [4.78, 5) is 18.4. The first-order valence-corrected chi connectivity index (χ1v) is 8.20. The molecule has 2 rings (SSSR count). The first kappa shape index (κ1) is 14.1. The fourth-order valence-corrected chi connectivity index (χ4v) is 2.68. The molecule has 0 spiro atoms. The molecule has 2 aromatic heterocycles. The highest BCUT2D eigenvalue weighted by molar-refractivity contribution is 7.99. The van der Waals surface area contributed by atoms with Crippen molar-refractivity contribution in [2.24, 2.45) is 0 Å². The number of rotatable bonds is 5. The summed E-state index contributed by atoms with van der Waals surface area (Å²) in [6, 6.07) is 5.82. The molecule has 0 fully saturated rings.